The maximum atomic E-state index is 13.2. The molecule has 0 radical (unpaired) electrons. The van der Waals surface area contributed by atoms with Gasteiger partial charge in [-0.15, -0.1) is 0 Å². The van der Waals surface area contributed by atoms with Crippen LogP contribution in [0.1, 0.15) is 38.4 Å². The highest BCUT2D eigenvalue weighted by Crippen LogP contribution is 2.31. The third-order valence-electron chi connectivity index (χ3n) is 5.98. The van der Waals surface area contributed by atoms with Gasteiger partial charge in [0.2, 0.25) is 0 Å². The zero-order chi connectivity index (χ0) is 24.9. The lowest BCUT2D eigenvalue weighted by Gasteiger charge is -2.17. The van der Waals surface area contributed by atoms with Gasteiger partial charge in [-0.3, -0.25) is 19.7 Å². The number of nitrogens with one attached hydrogen (secondary N) is 2. The predicted molar refractivity (Wildman–Crippen MR) is 133 cm³/mol. The number of aryl methyl sites for hydroxylation is 1. The van der Waals surface area contributed by atoms with Crippen LogP contribution in [0.2, 0.25) is 10.0 Å². The Labute approximate surface area is 213 Å². The first kappa shape index (κ1) is 25.1. The first-order valence-electron chi connectivity index (χ1n) is 11.1. The molecule has 2 heterocycles. The molecule has 1 atom stereocenters. The second-order valence-electron chi connectivity index (χ2n) is 8.44. The van der Waals surface area contributed by atoms with Crippen LogP contribution in [0.25, 0.3) is 0 Å². The van der Waals surface area contributed by atoms with Crippen LogP contribution in [-0.2, 0) is 20.2 Å². The van der Waals surface area contributed by atoms with Crippen LogP contribution in [-0.4, -0.2) is 45.6 Å². The van der Waals surface area contributed by atoms with Gasteiger partial charge < -0.3 is 14.6 Å². The van der Waals surface area contributed by atoms with Crippen LogP contribution in [0, 0.1) is 0 Å². The van der Waals surface area contributed by atoms with E-state index in [1.807, 2.05) is 18.2 Å². The Hall–Kier alpha value is -3.04. The average molecular weight is 517 g/mol. The van der Waals surface area contributed by atoms with E-state index in [0.29, 0.717) is 22.2 Å². The van der Waals surface area contributed by atoms with E-state index in [2.05, 4.69) is 22.3 Å². The highest BCUT2D eigenvalue weighted by atomic mass is 35.5. The number of benzene rings is 2. The molecule has 3 N–H and O–H groups in total. The summed E-state index contributed by atoms with van der Waals surface area (Å²) < 4.78 is 7.34. The maximum absolute atomic E-state index is 13.2. The third-order valence-corrected chi connectivity index (χ3v) is 6.68. The van der Waals surface area contributed by atoms with Gasteiger partial charge >= 0.3 is 0 Å². The van der Waals surface area contributed by atoms with E-state index >= 15 is 0 Å². The van der Waals surface area contributed by atoms with E-state index in [0.717, 1.165) is 19.5 Å². The van der Waals surface area contributed by atoms with Crippen LogP contribution in [0.3, 0.4) is 0 Å². The standard InChI is InChI=1S/C25H26Cl2N4O4/c1-30-14-18(24(32)28-17-10-11-31(13-17)12-16-6-3-2-4-7-16)23(22(30)25(33)29-34)35-15-19-20(26)8-5-9-21(19)27/h2-9,14,17,34H,10-13,15H2,1H3,(H,28,32)(H,29,33). The van der Waals surface area contributed by atoms with Crippen LogP contribution < -0.4 is 15.5 Å². The monoisotopic (exact) mass is 516 g/mol. The van der Waals surface area contributed by atoms with E-state index in [4.69, 9.17) is 27.9 Å². The molecule has 35 heavy (non-hydrogen) atoms. The summed E-state index contributed by atoms with van der Waals surface area (Å²) in [5.74, 6) is -1.14. The minimum Gasteiger partial charge on any atom is -0.485 e. The quantitative estimate of drug-likeness (QED) is 0.310. The van der Waals surface area contributed by atoms with Crippen molar-refractivity contribution in [2.75, 3.05) is 13.1 Å². The summed E-state index contributed by atoms with van der Waals surface area (Å²) in [7, 11) is 1.59. The van der Waals surface area contributed by atoms with Crippen molar-refractivity contribution in [3.8, 4) is 5.75 Å². The number of nitrogens with zero attached hydrogens (tertiary/aromatic N) is 2. The van der Waals surface area contributed by atoms with E-state index in [9.17, 15) is 14.8 Å². The smallest absolute Gasteiger partial charge is 0.295 e. The molecule has 4 rings (SSSR count). The summed E-state index contributed by atoms with van der Waals surface area (Å²) in [6.45, 7) is 2.32. The summed E-state index contributed by atoms with van der Waals surface area (Å²) in [6, 6.07) is 15.2. The Bertz CT molecular complexity index is 1200. The minimum atomic E-state index is -0.804. The lowest BCUT2D eigenvalue weighted by atomic mass is 10.2. The van der Waals surface area contributed by atoms with Gasteiger partial charge in [-0.2, -0.15) is 0 Å². The van der Waals surface area contributed by atoms with Crippen molar-refractivity contribution >= 4 is 35.0 Å². The molecule has 0 spiro atoms. The van der Waals surface area contributed by atoms with E-state index < -0.39 is 5.91 Å². The number of carbonyl (C=O) groups is 2. The van der Waals surface area contributed by atoms with Crippen molar-refractivity contribution in [3.05, 3.63) is 87.2 Å². The highest BCUT2D eigenvalue weighted by molar-refractivity contribution is 6.35. The number of aromatic nitrogens is 1. The molecule has 2 aromatic carbocycles. The first-order chi connectivity index (χ1) is 16.9. The summed E-state index contributed by atoms with van der Waals surface area (Å²) in [4.78, 5) is 27.9. The van der Waals surface area contributed by atoms with E-state index in [1.54, 1.807) is 30.7 Å². The number of ether oxygens (including phenoxy) is 1. The SMILES string of the molecule is Cn1cc(C(=O)NC2CCN(Cc3ccccc3)C2)c(OCc2c(Cl)cccc2Cl)c1C(=O)NO. The molecule has 1 aliphatic heterocycles. The number of likely N-dealkylation sites (tertiary alicyclic amines) is 1. The van der Waals surface area contributed by atoms with Crippen molar-refractivity contribution in [3.63, 3.8) is 0 Å². The van der Waals surface area contributed by atoms with Crippen molar-refractivity contribution in [2.45, 2.75) is 25.6 Å². The number of rotatable bonds is 8. The fourth-order valence-corrected chi connectivity index (χ4v) is 4.75. The lowest BCUT2D eigenvalue weighted by Crippen LogP contribution is -2.37. The van der Waals surface area contributed by atoms with Gasteiger partial charge in [-0.25, -0.2) is 5.48 Å². The topological polar surface area (TPSA) is 95.8 Å². The van der Waals surface area contributed by atoms with Crippen molar-refractivity contribution < 1.29 is 19.5 Å². The Kier molecular flexibility index (Phi) is 7.97. The van der Waals surface area contributed by atoms with Crippen LogP contribution in [0.5, 0.6) is 5.75 Å². The molecule has 1 unspecified atom stereocenters. The van der Waals surface area contributed by atoms with Crippen molar-refractivity contribution in [2.24, 2.45) is 7.05 Å². The molecule has 0 saturated carbocycles. The maximum Gasteiger partial charge on any atom is 0.295 e. The molecule has 0 bridgehead atoms. The van der Waals surface area contributed by atoms with Gasteiger partial charge in [0.05, 0.1) is 5.56 Å². The van der Waals surface area contributed by atoms with Crippen molar-refractivity contribution in [1.29, 1.82) is 0 Å². The van der Waals surface area contributed by atoms with Crippen LogP contribution >= 0.6 is 23.2 Å². The summed E-state index contributed by atoms with van der Waals surface area (Å²) >= 11 is 12.5. The molecule has 10 heteroatoms. The number of hydroxylamine groups is 1. The number of hydrogen-bond acceptors (Lipinski definition) is 5. The predicted octanol–water partition coefficient (Wildman–Crippen LogP) is 4.03. The number of carbonyl (C=O) groups excluding carboxylic acids is 2. The number of halogens is 2. The lowest BCUT2D eigenvalue weighted by molar-refractivity contribution is 0.0692. The van der Waals surface area contributed by atoms with Gasteiger partial charge in [0.15, 0.2) is 11.4 Å². The molecule has 0 aliphatic carbocycles. The van der Waals surface area contributed by atoms with E-state index in [1.165, 1.54) is 16.3 Å². The van der Waals surface area contributed by atoms with Gasteiger partial charge in [-0.05, 0) is 24.1 Å². The second kappa shape index (κ2) is 11.1. The minimum absolute atomic E-state index is 0.00190. The molecular weight excluding hydrogens is 491 g/mol. The summed E-state index contributed by atoms with van der Waals surface area (Å²) in [6.07, 6.45) is 2.31. The van der Waals surface area contributed by atoms with Crippen LogP contribution in [0.4, 0.5) is 0 Å². The Morgan fingerprint density at radius 1 is 1.09 bits per heavy atom. The normalized spacial score (nSPS) is 15.7. The summed E-state index contributed by atoms with van der Waals surface area (Å²) in [5, 5.41) is 13.1. The van der Waals surface area contributed by atoms with Crippen LogP contribution in [0.15, 0.2) is 54.7 Å². The molecule has 1 saturated heterocycles. The van der Waals surface area contributed by atoms with Gasteiger partial charge in [-0.1, -0.05) is 59.6 Å². The Morgan fingerprint density at radius 2 is 1.80 bits per heavy atom. The summed E-state index contributed by atoms with van der Waals surface area (Å²) in [5.41, 5.74) is 3.52. The van der Waals surface area contributed by atoms with Gasteiger partial charge in [0, 0.05) is 54.5 Å². The average Bonchev–Trinajstić information content (AvgIpc) is 3.42. The molecule has 1 aliphatic rings. The molecule has 1 aromatic heterocycles. The van der Waals surface area contributed by atoms with Gasteiger partial charge in [0.25, 0.3) is 11.8 Å². The Morgan fingerprint density at radius 3 is 2.49 bits per heavy atom. The largest absolute Gasteiger partial charge is 0.485 e. The van der Waals surface area contributed by atoms with Gasteiger partial charge in [0.1, 0.15) is 6.61 Å². The fourth-order valence-electron chi connectivity index (χ4n) is 4.24. The molecule has 2 amide bonds. The molecule has 1 fully saturated rings. The number of amides is 2. The third kappa shape index (κ3) is 5.79. The highest BCUT2D eigenvalue weighted by Gasteiger charge is 2.29. The zero-order valence-corrected chi connectivity index (χ0v) is 20.6. The Balaban J connectivity index is 1.50. The molecule has 8 nitrogen and oxygen atoms in total. The first-order valence-corrected chi connectivity index (χ1v) is 11.9. The van der Waals surface area contributed by atoms with E-state index in [-0.39, 0.29) is 35.6 Å². The molecule has 184 valence electrons. The zero-order valence-electron chi connectivity index (χ0n) is 19.1. The molecule has 3 aromatic rings. The second-order valence-corrected chi connectivity index (χ2v) is 9.26. The molecular formula is C25H26Cl2N4O4. The number of hydrogen-bond donors (Lipinski definition) is 3. The van der Waals surface area contributed by atoms with Crippen molar-refractivity contribution in [1.82, 2.24) is 20.3 Å². The fraction of sp³-hybridized carbons (Fsp3) is 0.280.